The van der Waals surface area contributed by atoms with Gasteiger partial charge in [0.2, 0.25) is 0 Å². The first-order chi connectivity index (χ1) is 10.3. The van der Waals surface area contributed by atoms with Gasteiger partial charge in [0.15, 0.2) is 0 Å². The van der Waals surface area contributed by atoms with Crippen LogP contribution < -0.4 is 33.2 Å². The molecule has 6 heteroatoms. The van der Waals surface area contributed by atoms with Crippen LogP contribution in [0.4, 0.5) is 0 Å². The SMILES string of the molecule is CC(CCNCCN)C(CCNCCN)CCNCCN. The van der Waals surface area contributed by atoms with Crippen LogP contribution in [0.5, 0.6) is 0 Å². The van der Waals surface area contributed by atoms with Crippen LogP contribution >= 0.6 is 0 Å². The normalized spacial score (nSPS) is 13.0. The van der Waals surface area contributed by atoms with Crippen molar-refractivity contribution < 1.29 is 0 Å². The van der Waals surface area contributed by atoms with Crippen molar-refractivity contribution in [3.63, 3.8) is 0 Å². The van der Waals surface area contributed by atoms with E-state index in [4.69, 9.17) is 17.2 Å². The predicted octanol–water partition coefficient (Wildman–Crippen LogP) is -0.946. The lowest BCUT2D eigenvalue weighted by molar-refractivity contribution is 0.290. The molecule has 0 fully saturated rings. The summed E-state index contributed by atoms with van der Waals surface area (Å²) in [5, 5.41) is 10.2. The van der Waals surface area contributed by atoms with E-state index in [0.717, 1.165) is 51.1 Å². The molecule has 1 unspecified atom stereocenters. The van der Waals surface area contributed by atoms with E-state index in [-0.39, 0.29) is 0 Å². The molecule has 0 bridgehead atoms. The van der Waals surface area contributed by atoms with Crippen LogP contribution in [0.2, 0.25) is 0 Å². The minimum Gasteiger partial charge on any atom is -0.329 e. The fraction of sp³-hybridized carbons (Fsp3) is 1.00. The van der Waals surface area contributed by atoms with Gasteiger partial charge in [-0.05, 0) is 50.7 Å². The molecule has 1 atom stereocenters. The summed E-state index contributed by atoms with van der Waals surface area (Å²) < 4.78 is 0. The minimum atomic E-state index is 0.710. The second kappa shape index (κ2) is 16.1. The van der Waals surface area contributed by atoms with Crippen LogP contribution in [0.15, 0.2) is 0 Å². The summed E-state index contributed by atoms with van der Waals surface area (Å²) in [7, 11) is 0. The van der Waals surface area contributed by atoms with Gasteiger partial charge in [0.1, 0.15) is 0 Å². The predicted molar refractivity (Wildman–Crippen MR) is 92.3 cm³/mol. The first-order valence-corrected chi connectivity index (χ1v) is 8.48. The third-order valence-corrected chi connectivity index (χ3v) is 3.93. The van der Waals surface area contributed by atoms with Crippen molar-refractivity contribution in [2.45, 2.75) is 26.2 Å². The monoisotopic (exact) mass is 302 g/mol. The molecule has 0 saturated heterocycles. The molecule has 0 saturated carbocycles. The summed E-state index contributed by atoms with van der Waals surface area (Å²) >= 11 is 0. The van der Waals surface area contributed by atoms with Gasteiger partial charge in [0.25, 0.3) is 0 Å². The quantitative estimate of drug-likeness (QED) is 0.205. The molecular formula is C15H38N6. The highest BCUT2D eigenvalue weighted by Gasteiger charge is 2.16. The van der Waals surface area contributed by atoms with Gasteiger partial charge in [-0.1, -0.05) is 6.92 Å². The largest absolute Gasteiger partial charge is 0.329 e. The lowest BCUT2D eigenvalue weighted by atomic mass is 9.85. The maximum atomic E-state index is 5.51. The maximum Gasteiger partial charge on any atom is 0.00745 e. The summed E-state index contributed by atoms with van der Waals surface area (Å²) in [6.07, 6.45) is 3.63. The van der Waals surface area contributed by atoms with Crippen molar-refractivity contribution in [2.24, 2.45) is 29.0 Å². The van der Waals surface area contributed by atoms with E-state index in [1.54, 1.807) is 0 Å². The van der Waals surface area contributed by atoms with E-state index in [2.05, 4.69) is 22.9 Å². The Hall–Kier alpha value is -0.240. The molecule has 6 nitrogen and oxygen atoms in total. The molecule has 0 heterocycles. The molecule has 9 N–H and O–H groups in total. The fourth-order valence-corrected chi connectivity index (χ4v) is 2.53. The van der Waals surface area contributed by atoms with Gasteiger partial charge >= 0.3 is 0 Å². The first-order valence-electron chi connectivity index (χ1n) is 8.48. The summed E-state index contributed by atoms with van der Waals surface area (Å²) in [6, 6.07) is 0. The van der Waals surface area contributed by atoms with Crippen LogP contribution in [0, 0.1) is 11.8 Å². The number of hydrogen-bond acceptors (Lipinski definition) is 6. The zero-order chi connectivity index (χ0) is 15.8. The van der Waals surface area contributed by atoms with Crippen LogP contribution in [-0.4, -0.2) is 58.9 Å². The van der Waals surface area contributed by atoms with Crippen molar-refractivity contribution in [3.8, 4) is 0 Å². The molecule has 0 aliphatic heterocycles. The average molecular weight is 303 g/mol. The van der Waals surface area contributed by atoms with E-state index in [0.29, 0.717) is 19.6 Å². The van der Waals surface area contributed by atoms with Crippen molar-refractivity contribution in [1.29, 1.82) is 0 Å². The van der Waals surface area contributed by atoms with Gasteiger partial charge in [0.05, 0.1) is 0 Å². The van der Waals surface area contributed by atoms with Gasteiger partial charge in [0, 0.05) is 39.3 Å². The number of nitrogens with two attached hydrogens (primary N) is 3. The van der Waals surface area contributed by atoms with E-state index >= 15 is 0 Å². The van der Waals surface area contributed by atoms with Crippen LogP contribution in [0.3, 0.4) is 0 Å². The zero-order valence-corrected chi connectivity index (χ0v) is 13.9. The fourth-order valence-electron chi connectivity index (χ4n) is 2.53. The van der Waals surface area contributed by atoms with E-state index < -0.39 is 0 Å². The second-order valence-electron chi connectivity index (χ2n) is 5.72. The Morgan fingerprint density at radius 1 is 0.619 bits per heavy atom. The van der Waals surface area contributed by atoms with Crippen molar-refractivity contribution >= 4 is 0 Å². The van der Waals surface area contributed by atoms with Crippen LogP contribution in [0.1, 0.15) is 26.2 Å². The highest BCUT2D eigenvalue weighted by atomic mass is 14.9. The Morgan fingerprint density at radius 2 is 1.00 bits per heavy atom. The number of nitrogens with one attached hydrogen (secondary N) is 3. The highest BCUT2D eigenvalue weighted by Crippen LogP contribution is 2.21. The molecule has 0 radical (unpaired) electrons. The minimum absolute atomic E-state index is 0.710. The summed E-state index contributed by atoms with van der Waals surface area (Å²) in [5.74, 6) is 1.45. The van der Waals surface area contributed by atoms with Crippen molar-refractivity contribution in [3.05, 3.63) is 0 Å². The van der Waals surface area contributed by atoms with Crippen LogP contribution in [0.25, 0.3) is 0 Å². The smallest absolute Gasteiger partial charge is 0.00745 e. The van der Waals surface area contributed by atoms with Crippen LogP contribution in [-0.2, 0) is 0 Å². The number of hydrogen-bond donors (Lipinski definition) is 6. The zero-order valence-electron chi connectivity index (χ0n) is 13.9. The third kappa shape index (κ3) is 13.2. The number of rotatable bonds is 16. The summed E-state index contributed by atoms with van der Waals surface area (Å²) in [4.78, 5) is 0. The molecule has 0 spiro atoms. The molecule has 21 heavy (non-hydrogen) atoms. The van der Waals surface area contributed by atoms with Gasteiger partial charge in [-0.3, -0.25) is 0 Å². The van der Waals surface area contributed by atoms with E-state index in [9.17, 15) is 0 Å². The van der Waals surface area contributed by atoms with Gasteiger partial charge in [-0.15, -0.1) is 0 Å². The van der Waals surface area contributed by atoms with Crippen molar-refractivity contribution in [1.82, 2.24) is 16.0 Å². The Kier molecular flexibility index (Phi) is 16.0. The molecule has 0 aliphatic rings. The first kappa shape index (κ1) is 20.8. The van der Waals surface area contributed by atoms with Crippen molar-refractivity contribution in [2.75, 3.05) is 58.9 Å². The topological polar surface area (TPSA) is 114 Å². The maximum absolute atomic E-state index is 5.51. The summed E-state index contributed by atoms with van der Waals surface area (Å²) in [6.45, 7) is 10.4. The van der Waals surface area contributed by atoms with Gasteiger partial charge < -0.3 is 33.2 Å². The Bertz CT molecular complexity index is 191. The summed E-state index contributed by atoms with van der Waals surface area (Å²) in [5.41, 5.74) is 16.5. The Balaban J connectivity index is 3.95. The van der Waals surface area contributed by atoms with Gasteiger partial charge in [-0.25, -0.2) is 0 Å². The molecule has 0 amide bonds. The lowest BCUT2D eigenvalue weighted by Gasteiger charge is -2.25. The average Bonchev–Trinajstić information content (AvgIpc) is 2.49. The molecular weight excluding hydrogens is 264 g/mol. The Labute approximate surface area is 131 Å². The second-order valence-corrected chi connectivity index (χ2v) is 5.72. The molecule has 128 valence electrons. The molecule has 0 aromatic heterocycles. The molecule has 0 rings (SSSR count). The molecule has 0 aromatic carbocycles. The highest BCUT2D eigenvalue weighted by molar-refractivity contribution is 4.71. The lowest BCUT2D eigenvalue weighted by Crippen LogP contribution is -2.30. The standard InChI is InChI=1S/C15H38N6/c1-14(2-8-19-11-5-16)15(3-9-20-12-6-17)4-10-21-13-7-18/h14-15,19-21H,2-13,16-18H2,1H3. The third-order valence-electron chi connectivity index (χ3n) is 3.93. The molecule has 0 aromatic rings. The Morgan fingerprint density at radius 3 is 1.38 bits per heavy atom. The molecule has 0 aliphatic carbocycles. The van der Waals surface area contributed by atoms with Gasteiger partial charge in [-0.2, -0.15) is 0 Å². The van der Waals surface area contributed by atoms with E-state index in [1.165, 1.54) is 19.3 Å². The van der Waals surface area contributed by atoms with E-state index in [1.807, 2.05) is 0 Å².